The summed E-state index contributed by atoms with van der Waals surface area (Å²) in [7, 11) is 0. The molecule has 1 unspecified atom stereocenters. The van der Waals surface area contributed by atoms with Gasteiger partial charge in [-0.2, -0.15) is 0 Å². The summed E-state index contributed by atoms with van der Waals surface area (Å²) in [5.41, 5.74) is -1.10. The number of carboxylic acid groups (broad SMARTS) is 1. The van der Waals surface area contributed by atoms with Crippen molar-refractivity contribution in [1.82, 2.24) is 0 Å². The van der Waals surface area contributed by atoms with Crippen molar-refractivity contribution in [3.63, 3.8) is 0 Å². The number of carboxylic acids is 1. The lowest BCUT2D eigenvalue weighted by Crippen LogP contribution is -2.58. The molecule has 1 N–H and O–H groups in total. The van der Waals surface area contributed by atoms with Gasteiger partial charge in [-0.05, 0) is 61.7 Å². The summed E-state index contributed by atoms with van der Waals surface area (Å²) in [6, 6.07) is 0. The van der Waals surface area contributed by atoms with E-state index in [0.29, 0.717) is 17.8 Å². The topological polar surface area (TPSA) is 63.6 Å². The van der Waals surface area contributed by atoms with Crippen molar-refractivity contribution in [2.75, 3.05) is 6.61 Å². The van der Waals surface area contributed by atoms with Crippen LogP contribution in [-0.4, -0.2) is 23.7 Å². The van der Waals surface area contributed by atoms with Crippen molar-refractivity contribution >= 4 is 11.9 Å². The Hall–Kier alpha value is -1.06. The fraction of sp³-hybridized carbons (Fsp3) is 0.867. The summed E-state index contributed by atoms with van der Waals surface area (Å²) in [5.74, 6) is 0.952. The molecule has 4 saturated carbocycles. The van der Waals surface area contributed by atoms with Gasteiger partial charge in [0.1, 0.15) is 12.0 Å². The zero-order valence-corrected chi connectivity index (χ0v) is 11.1. The van der Waals surface area contributed by atoms with Gasteiger partial charge < -0.3 is 9.84 Å². The Labute approximate surface area is 112 Å². The SMILES string of the molecule is O=C1CC(C(=O)O)(C23CC4CC(CC(C4)C2)C3)CO1. The molecule has 0 aromatic carbocycles. The molecule has 0 amide bonds. The number of ether oxygens (including phenoxy) is 1. The molecule has 0 radical (unpaired) electrons. The second kappa shape index (κ2) is 3.53. The molecule has 104 valence electrons. The van der Waals surface area contributed by atoms with E-state index < -0.39 is 11.4 Å². The number of carbonyl (C=O) groups excluding carboxylic acids is 1. The van der Waals surface area contributed by atoms with Crippen LogP contribution in [0.2, 0.25) is 0 Å². The summed E-state index contributed by atoms with van der Waals surface area (Å²) >= 11 is 0. The van der Waals surface area contributed by atoms with E-state index in [1.165, 1.54) is 19.3 Å². The fourth-order valence-corrected chi connectivity index (χ4v) is 5.95. The molecule has 0 aromatic rings. The zero-order valence-electron chi connectivity index (χ0n) is 11.1. The van der Waals surface area contributed by atoms with Crippen molar-refractivity contribution < 1.29 is 19.4 Å². The molecule has 4 heteroatoms. The van der Waals surface area contributed by atoms with Crippen molar-refractivity contribution in [3.8, 4) is 0 Å². The van der Waals surface area contributed by atoms with Crippen molar-refractivity contribution in [2.24, 2.45) is 28.6 Å². The highest BCUT2D eigenvalue weighted by Crippen LogP contribution is 2.67. The second-order valence-corrected chi connectivity index (χ2v) is 7.42. The maximum atomic E-state index is 12.0. The van der Waals surface area contributed by atoms with E-state index >= 15 is 0 Å². The number of aliphatic carboxylic acids is 1. The van der Waals surface area contributed by atoms with E-state index in [2.05, 4.69) is 0 Å². The third kappa shape index (κ3) is 1.40. The van der Waals surface area contributed by atoms with E-state index in [1.807, 2.05) is 0 Å². The molecule has 5 rings (SSSR count). The van der Waals surface area contributed by atoms with Gasteiger partial charge in [0, 0.05) is 0 Å². The Kier molecular flexibility index (Phi) is 2.18. The molecule has 4 nitrogen and oxygen atoms in total. The van der Waals surface area contributed by atoms with E-state index in [-0.39, 0.29) is 24.4 Å². The van der Waals surface area contributed by atoms with E-state index in [0.717, 1.165) is 19.3 Å². The number of hydrogen-bond donors (Lipinski definition) is 1. The molecule has 5 aliphatic rings. The van der Waals surface area contributed by atoms with Gasteiger partial charge in [0.25, 0.3) is 0 Å². The first-order chi connectivity index (χ1) is 9.03. The zero-order chi connectivity index (χ0) is 13.3. The van der Waals surface area contributed by atoms with Crippen LogP contribution in [0.5, 0.6) is 0 Å². The van der Waals surface area contributed by atoms with Gasteiger partial charge >= 0.3 is 11.9 Å². The summed E-state index contributed by atoms with van der Waals surface area (Å²) in [6.07, 6.45) is 6.94. The number of carbonyl (C=O) groups is 2. The van der Waals surface area contributed by atoms with Gasteiger partial charge in [0.15, 0.2) is 0 Å². The highest BCUT2D eigenvalue weighted by molar-refractivity contribution is 5.86. The molecule has 1 saturated heterocycles. The third-order valence-electron chi connectivity index (χ3n) is 6.39. The minimum absolute atomic E-state index is 0.0918. The first kappa shape index (κ1) is 11.7. The molecule has 0 spiro atoms. The average molecular weight is 264 g/mol. The van der Waals surface area contributed by atoms with E-state index in [9.17, 15) is 14.7 Å². The predicted octanol–water partition coefficient (Wildman–Crippen LogP) is 2.22. The van der Waals surface area contributed by atoms with Gasteiger partial charge in [-0.25, -0.2) is 0 Å². The number of hydrogen-bond acceptors (Lipinski definition) is 3. The summed E-state index contributed by atoms with van der Waals surface area (Å²) in [5, 5.41) is 9.81. The second-order valence-electron chi connectivity index (χ2n) is 7.42. The van der Waals surface area contributed by atoms with Crippen LogP contribution < -0.4 is 0 Å². The Balaban J connectivity index is 1.77. The van der Waals surface area contributed by atoms with Crippen LogP contribution >= 0.6 is 0 Å². The molecule has 4 bridgehead atoms. The highest BCUT2D eigenvalue weighted by Gasteiger charge is 2.66. The van der Waals surface area contributed by atoms with Crippen LogP contribution in [0, 0.1) is 28.6 Å². The monoisotopic (exact) mass is 264 g/mol. The van der Waals surface area contributed by atoms with Gasteiger partial charge in [0.2, 0.25) is 0 Å². The normalized spacial score (nSPS) is 51.4. The standard InChI is InChI=1S/C15H20O4/c16-12-7-15(8-19-12,13(17)18)14-4-9-1-10(5-14)3-11(2-9)6-14/h9-11H,1-8H2,(H,17,18). The Morgan fingerprint density at radius 2 is 1.63 bits per heavy atom. The predicted molar refractivity (Wildman–Crippen MR) is 66.2 cm³/mol. The number of cyclic esters (lactones) is 1. The molecule has 19 heavy (non-hydrogen) atoms. The summed E-state index contributed by atoms with van der Waals surface area (Å²) in [6.45, 7) is 0.104. The van der Waals surface area contributed by atoms with Crippen LogP contribution in [0.4, 0.5) is 0 Å². The third-order valence-corrected chi connectivity index (χ3v) is 6.39. The first-order valence-corrected chi connectivity index (χ1v) is 7.42. The molecule has 4 aliphatic carbocycles. The maximum absolute atomic E-state index is 12.0. The largest absolute Gasteiger partial charge is 0.481 e. The lowest BCUT2D eigenvalue weighted by Gasteiger charge is -2.61. The molecule has 1 heterocycles. The van der Waals surface area contributed by atoms with Crippen LogP contribution in [0.3, 0.4) is 0 Å². The number of rotatable bonds is 2. The summed E-state index contributed by atoms with van der Waals surface area (Å²) in [4.78, 5) is 23.5. The quantitative estimate of drug-likeness (QED) is 0.777. The van der Waals surface area contributed by atoms with E-state index in [1.54, 1.807) is 0 Å². The van der Waals surface area contributed by atoms with Gasteiger partial charge in [-0.15, -0.1) is 0 Å². The van der Waals surface area contributed by atoms with Crippen LogP contribution in [0.15, 0.2) is 0 Å². The van der Waals surface area contributed by atoms with Crippen molar-refractivity contribution in [2.45, 2.75) is 44.9 Å². The smallest absolute Gasteiger partial charge is 0.314 e. The Morgan fingerprint density at radius 1 is 1.11 bits per heavy atom. The number of esters is 1. The maximum Gasteiger partial charge on any atom is 0.314 e. The van der Waals surface area contributed by atoms with Crippen LogP contribution in [0.25, 0.3) is 0 Å². The average Bonchev–Trinajstić information content (AvgIpc) is 2.71. The Bertz CT molecular complexity index is 420. The lowest BCUT2D eigenvalue weighted by atomic mass is 9.42. The molecule has 5 fully saturated rings. The van der Waals surface area contributed by atoms with Crippen LogP contribution in [-0.2, 0) is 14.3 Å². The van der Waals surface area contributed by atoms with Gasteiger partial charge in [0.05, 0.1) is 6.42 Å². The Morgan fingerprint density at radius 3 is 2.00 bits per heavy atom. The molecule has 1 aliphatic heterocycles. The van der Waals surface area contributed by atoms with Crippen molar-refractivity contribution in [1.29, 1.82) is 0 Å². The van der Waals surface area contributed by atoms with Gasteiger partial charge in [-0.3, -0.25) is 9.59 Å². The van der Waals surface area contributed by atoms with E-state index in [4.69, 9.17) is 4.74 Å². The lowest BCUT2D eigenvalue weighted by molar-refractivity contribution is -0.179. The minimum atomic E-state index is -0.930. The van der Waals surface area contributed by atoms with Crippen LogP contribution in [0.1, 0.15) is 44.9 Å². The minimum Gasteiger partial charge on any atom is -0.481 e. The van der Waals surface area contributed by atoms with Crippen molar-refractivity contribution in [3.05, 3.63) is 0 Å². The highest BCUT2D eigenvalue weighted by atomic mass is 16.5. The molecule has 1 atom stereocenters. The molecule has 0 aromatic heterocycles. The molecular weight excluding hydrogens is 244 g/mol. The first-order valence-electron chi connectivity index (χ1n) is 7.42. The molecular formula is C15H20O4. The van der Waals surface area contributed by atoms with Gasteiger partial charge in [-0.1, -0.05) is 0 Å². The fourth-order valence-electron chi connectivity index (χ4n) is 5.95. The summed E-state index contributed by atoms with van der Waals surface area (Å²) < 4.78 is 5.10.